The summed E-state index contributed by atoms with van der Waals surface area (Å²) in [4.78, 5) is 0. The van der Waals surface area contributed by atoms with Crippen LogP contribution in [0, 0.1) is 11.3 Å². The van der Waals surface area contributed by atoms with E-state index in [4.69, 9.17) is 21.6 Å². The topological polar surface area (TPSA) is 33.0 Å². The molecular weight excluding hydrogens is 218 g/mol. The number of ether oxygens (including phenoxy) is 1. The highest BCUT2D eigenvalue weighted by atomic mass is 35.5. The Morgan fingerprint density at radius 2 is 2.29 bits per heavy atom. The predicted molar refractivity (Wildman–Crippen MR) is 58.1 cm³/mol. The maximum Gasteiger partial charge on any atom is 0.138 e. The van der Waals surface area contributed by atoms with Crippen molar-refractivity contribution >= 4 is 33.0 Å². The highest BCUT2D eigenvalue weighted by Gasteiger charge is 2.09. The minimum atomic E-state index is 0.587. The summed E-state index contributed by atoms with van der Waals surface area (Å²) in [5.41, 5.74) is 0.644. The molecule has 0 atom stereocenters. The maximum atomic E-state index is 8.85. The van der Waals surface area contributed by atoms with Crippen LogP contribution in [0.2, 0.25) is 5.02 Å². The SMILES string of the molecule is COc1cc(Cl)cc2c(C#N)csc12. The molecule has 1 aromatic heterocycles. The molecule has 0 radical (unpaired) electrons. The number of hydrogen-bond acceptors (Lipinski definition) is 3. The molecule has 0 aliphatic rings. The first-order chi connectivity index (χ1) is 6.76. The normalized spacial score (nSPS) is 10.1. The molecule has 4 heteroatoms. The van der Waals surface area contributed by atoms with Gasteiger partial charge in [0.15, 0.2) is 0 Å². The predicted octanol–water partition coefficient (Wildman–Crippen LogP) is 3.43. The second-order valence-corrected chi connectivity index (χ2v) is 4.06. The zero-order valence-electron chi connectivity index (χ0n) is 7.37. The van der Waals surface area contributed by atoms with E-state index in [0.29, 0.717) is 10.6 Å². The van der Waals surface area contributed by atoms with E-state index in [1.807, 2.05) is 5.38 Å². The van der Waals surface area contributed by atoms with Crippen LogP contribution in [0.1, 0.15) is 5.56 Å². The molecule has 0 aliphatic carbocycles. The van der Waals surface area contributed by atoms with Crippen molar-refractivity contribution in [1.29, 1.82) is 5.26 Å². The van der Waals surface area contributed by atoms with E-state index < -0.39 is 0 Å². The fraction of sp³-hybridized carbons (Fsp3) is 0.100. The third-order valence-electron chi connectivity index (χ3n) is 1.94. The summed E-state index contributed by atoms with van der Waals surface area (Å²) in [6.07, 6.45) is 0. The summed E-state index contributed by atoms with van der Waals surface area (Å²) in [5, 5.41) is 12.1. The molecule has 0 amide bonds. The fourth-order valence-electron chi connectivity index (χ4n) is 1.31. The third kappa shape index (κ3) is 1.33. The van der Waals surface area contributed by atoms with Gasteiger partial charge in [-0.2, -0.15) is 5.26 Å². The van der Waals surface area contributed by atoms with E-state index in [9.17, 15) is 0 Å². The Hall–Kier alpha value is -1.24. The lowest BCUT2D eigenvalue weighted by Gasteiger charge is -2.01. The Morgan fingerprint density at radius 1 is 1.50 bits per heavy atom. The number of benzene rings is 1. The van der Waals surface area contributed by atoms with Gasteiger partial charge in [0, 0.05) is 21.9 Å². The molecule has 14 heavy (non-hydrogen) atoms. The summed E-state index contributed by atoms with van der Waals surface area (Å²) in [6, 6.07) is 5.66. The van der Waals surface area contributed by atoms with Crippen LogP contribution in [0.3, 0.4) is 0 Å². The van der Waals surface area contributed by atoms with Gasteiger partial charge in [0.05, 0.1) is 17.4 Å². The number of fused-ring (bicyclic) bond motifs is 1. The first kappa shape index (κ1) is 9.32. The van der Waals surface area contributed by atoms with Crippen LogP contribution in [0.5, 0.6) is 5.75 Å². The largest absolute Gasteiger partial charge is 0.495 e. The number of rotatable bonds is 1. The maximum absolute atomic E-state index is 8.85. The van der Waals surface area contributed by atoms with Crippen LogP contribution in [0.25, 0.3) is 10.1 Å². The molecule has 2 rings (SSSR count). The molecule has 2 nitrogen and oxygen atoms in total. The quantitative estimate of drug-likeness (QED) is 0.742. The molecular formula is C10H6ClNOS. The van der Waals surface area contributed by atoms with Crippen LogP contribution in [-0.4, -0.2) is 7.11 Å². The highest BCUT2D eigenvalue weighted by Crippen LogP contribution is 2.36. The molecule has 0 N–H and O–H groups in total. The number of halogens is 1. The zero-order valence-corrected chi connectivity index (χ0v) is 8.95. The van der Waals surface area contributed by atoms with Crippen LogP contribution < -0.4 is 4.74 Å². The Morgan fingerprint density at radius 3 is 2.93 bits per heavy atom. The van der Waals surface area contributed by atoms with Crippen LogP contribution in [-0.2, 0) is 0 Å². The van der Waals surface area contributed by atoms with Crippen molar-refractivity contribution in [2.45, 2.75) is 0 Å². The highest BCUT2D eigenvalue weighted by molar-refractivity contribution is 7.17. The number of nitrogens with zero attached hydrogens (tertiary/aromatic N) is 1. The Labute approximate surface area is 90.3 Å². The molecule has 0 bridgehead atoms. The average molecular weight is 224 g/mol. The van der Waals surface area contributed by atoms with E-state index in [2.05, 4.69) is 6.07 Å². The van der Waals surface area contributed by atoms with Crippen LogP contribution in [0.15, 0.2) is 17.5 Å². The van der Waals surface area contributed by atoms with E-state index >= 15 is 0 Å². The third-order valence-corrected chi connectivity index (χ3v) is 3.17. The number of thiophene rings is 1. The number of nitriles is 1. The molecule has 70 valence electrons. The van der Waals surface area contributed by atoms with Crippen molar-refractivity contribution in [1.82, 2.24) is 0 Å². The second-order valence-electron chi connectivity index (χ2n) is 2.75. The van der Waals surface area contributed by atoms with E-state index in [-0.39, 0.29) is 0 Å². The van der Waals surface area contributed by atoms with Crippen molar-refractivity contribution in [2.24, 2.45) is 0 Å². The molecule has 0 saturated carbocycles. The first-order valence-corrected chi connectivity index (χ1v) is 5.17. The Balaban J connectivity index is 2.85. The molecule has 2 aromatic rings. The lowest BCUT2D eigenvalue weighted by Crippen LogP contribution is -1.82. The Kier molecular flexibility index (Phi) is 2.32. The average Bonchev–Trinajstić information content (AvgIpc) is 2.59. The summed E-state index contributed by atoms with van der Waals surface area (Å²) in [6.45, 7) is 0. The van der Waals surface area contributed by atoms with Gasteiger partial charge in [-0.3, -0.25) is 0 Å². The van der Waals surface area contributed by atoms with Gasteiger partial charge in [-0.25, -0.2) is 0 Å². The summed E-state index contributed by atoms with van der Waals surface area (Å²) in [7, 11) is 1.59. The first-order valence-electron chi connectivity index (χ1n) is 3.91. The lowest BCUT2D eigenvalue weighted by atomic mass is 10.2. The van der Waals surface area contributed by atoms with E-state index in [0.717, 1.165) is 15.8 Å². The molecule has 1 aromatic carbocycles. The van der Waals surface area contributed by atoms with Gasteiger partial charge in [0.1, 0.15) is 11.8 Å². The minimum absolute atomic E-state index is 0.587. The smallest absolute Gasteiger partial charge is 0.138 e. The molecule has 0 spiro atoms. The van der Waals surface area contributed by atoms with Gasteiger partial charge in [-0.15, -0.1) is 11.3 Å². The standard InChI is InChI=1S/C10H6ClNOS/c1-13-9-3-7(11)2-8-6(4-12)5-14-10(8)9/h2-3,5H,1H3. The summed E-state index contributed by atoms with van der Waals surface area (Å²) in [5.74, 6) is 0.721. The second kappa shape index (κ2) is 3.49. The van der Waals surface area contributed by atoms with Gasteiger partial charge < -0.3 is 4.74 Å². The van der Waals surface area contributed by atoms with Crippen molar-refractivity contribution in [3.63, 3.8) is 0 Å². The molecule has 0 saturated heterocycles. The lowest BCUT2D eigenvalue weighted by molar-refractivity contribution is 0.420. The van der Waals surface area contributed by atoms with E-state index in [1.54, 1.807) is 19.2 Å². The van der Waals surface area contributed by atoms with Crippen molar-refractivity contribution in [3.8, 4) is 11.8 Å². The summed E-state index contributed by atoms with van der Waals surface area (Å²) < 4.78 is 6.15. The van der Waals surface area contributed by atoms with Crippen molar-refractivity contribution in [2.75, 3.05) is 7.11 Å². The van der Waals surface area contributed by atoms with Crippen molar-refractivity contribution in [3.05, 3.63) is 28.1 Å². The van der Waals surface area contributed by atoms with Crippen LogP contribution in [0.4, 0.5) is 0 Å². The Bertz CT molecular complexity index is 527. The molecule has 0 aliphatic heterocycles. The summed E-state index contributed by atoms with van der Waals surface area (Å²) >= 11 is 7.40. The van der Waals surface area contributed by atoms with Gasteiger partial charge in [0.2, 0.25) is 0 Å². The van der Waals surface area contributed by atoms with Crippen LogP contribution >= 0.6 is 22.9 Å². The zero-order chi connectivity index (χ0) is 10.1. The van der Waals surface area contributed by atoms with Gasteiger partial charge in [0.25, 0.3) is 0 Å². The van der Waals surface area contributed by atoms with Crippen molar-refractivity contribution < 1.29 is 4.74 Å². The van der Waals surface area contributed by atoms with Gasteiger partial charge in [-0.05, 0) is 6.07 Å². The van der Waals surface area contributed by atoms with Gasteiger partial charge >= 0.3 is 0 Å². The molecule has 0 unspecified atom stereocenters. The fourth-order valence-corrected chi connectivity index (χ4v) is 2.49. The monoisotopic (exact) mass is 223 g/mol. The number of methoxy groups -OCH3 is 1. The van der Waals surface area contributed by atoms with Gasteiger partial charge in [-0.1, -0.05) is 11.6 Å². The minimum Gasteiger partial charge on any atom is -0.495 e. The van der Waals surface area contributed by atoms with E-state index in [1.165, 1.54) is 11.3 Å². The molecule has 0 fully saturated rings. The number of hydrogen-bond donors (Lipinski definition) is 0. The molecule has 1 heterocycles.